The van der Waals surface area contributed by atoms with E-state index in [-0.39, 0.29) is 12.5 Å². The van der Waals surface area contributed by atoms with Gasteiger partial charge in [0.1, 0.15) is 6.54 Å². The second kappa shape index (κ2) is 5.32. The Morgan fingerprint density at radius 1 is 1.47 bits per heavy atom. The lowest BCUT2D eigenvalue weighted by atomic mass is 10.2. The standard InChI is InChI=1S/C13H15ClN4O/c1-8-3-4-12(11(15)5-8)16-13(19)7-18-6-10(14)9(2)17-18/h3-6H,7,15H2,1-2H3,(H,16,19). The molecule has 1 aromatic heterocycles. The van der Waals surface area contributed by atoms with Crippen LogP contribution in [0.4, 0.5) is 11.4 Å². The Bertz CT molecular complexity index is 602. The van der Waals surface area contributed by atoms with Crippen LogP contribution in [0.1, 0.15) is 11.3 Å². The summed E-state index contributed by atoms with van der Waals surface area (Å²) in [7, 11) is 0. The molecule has 0 saturated carbocycles. The van der Waals surface area contributed by atoms with Crippen molar-refractivity contribution in [1.29, 1.82) is 0 Å². The quantitative estimate of drug-likeness (QED) is 0.847. The number of carbonyl (C=O) groups excluding carboxylic acids is 1. The number of nitrogens with one attached hydrogen (secondary N) is 1. The molecule has 0 aliphatic rings. The molecule has 1 heterocycles. The van der Waals surface area contributed by atoms with Crippen LogP contribution >= 0.6 is 11.6 Å². The van der Waals surface area contributed by atoms with Crippen molar-refractivity contribution in [2.75, 3.05) is 11.1 Å². The highest BCUT2D eigenvalue weighted by molar-refractivity contribution is 6.31. The molecule has 0 spiro atoms. The molecule has 6 heteroatoms. The smallest absolute Gasteiger partial charge is 0.246 e. The van der Waals surface area contributed by atoms with Crippen LogP contribution in [0.2, 0.25) is 5.02 Å². The van der Waals surface area contributed by atoms with E-state index in [0.717, 1.165) is 5.56 Å². The summed E-state index contributed by atoms with van der Waals surface area (Å²) in [5.41, 5.74) is 8.72. The maximum absolute atomic E-state index is 11.9. The molecule has 1 aromatic carbocycles. The van der Waals surface area contributed by atoms with Crippen molar-refractivity contribution in [3.8, 4) is 0 Å². The zero-order valence-corrected chi connectivity index (χ0v) is 11.5. The van der Waals surface area contributed by atoms with Crippen molar-refractivity contribution in [2.45, 2.75) is 20.4 Å². The molecule has 0 aliphatic carbocycles. The number of rotatable bonds is 3. The Labute approximate surface area is 116 Å². The van der Waals surface area contributed by atoms with Gasteiger partial charge in [0, 0.05) is 6.20 Å². The minimum Gasteiger partial charge on any atom is -0.397 e. The fourth-order valence-electron chi connectivity index (χ4n) is 1.71. The average Bonchev–Trinajstić information content (AvgIpc) is 2.62. The highest BCUT2D eigenvalue weighted by Gasteiger charge is 2.08. The van der Waals surface area contributed by atoms with Crippen LogP contribution in [-0.4, -0.2) is 15.7 Å². The summed E-state index contributed by atoms with van der Waals surface area (Å²) in [5, 5.41) is 7.41. The Morgan fingerprint density at radius 2 is 2.21 bits per heavy atom. The summed E-state index contributed by atoms with van der Waals surface area (Å²) in [4.78, 5) is 11.9. The van der Waals surface area contributed by atoms with Gasteiger partial charge in [-0.2, -0.15) is 5.10 Å². The second-order valence-electron chi connectivity index (χ2n) is 4.40. The Balaban J connectivity index is 2.05. The van der Waals surface area contributed by atoms with Gasteiger partial charge in [0.15, 0.2) is 0 Å². The topological polar surface area (TPSA) is 72.9 Å². The molecule has 0 radical (unpaired) electrons. The monoisotopic (exact) mass is 278 g/mol. The molecule has 19 heavy (non-hydrogen) atoms. The predicted octanol–water partition coefficient (Wildman–Crippen LogP) is 2.37. The van der Waals surface area contributed by atoms with E-state index in [1.54, 1.807) is 19.2 Å². The van der Waals surface area contributed by atoms with Gasteiger partial charge in [0.25, 0.3) is 0 Å². The first-order valence-electron chi connectivity index (χ1n) is 5.81. The van der Waals surface area contributed by atoms with Crippen LogP contribution in [-0.2, 0) is 11.3 Å². The van der Waals surface area contributed by atoms with Gasteiger partial charge in [-0.25, -0.2) is 0 Å². The first kappa shape index (κ1) is 13.4. The van der Waals surface area contributed by atoms with E-state index in [2.05, 4.69) is 10.4 Å². The first-order valence-corrected chi connectivity index (χ1v) is 6.19. The average molecular weight is 279 g/mol. The fraction of sp³-hybridized carbons (Fsp3) is 0.231. The summed E-state index contributed by atoms with van der Waals surface area (Å²) < 4.78 is 1.50. The van der Waals surface area contributed by atoms with Crippen LogP contribution in [0.5, 0.6) is 0 Å². The molecule has 2 aromatic rings. The van der Waals surface area contributed by atoms with Gasteiger partial charge in [-0.1, -0.05) is 17.7 Å². The van der Waals surface area contributed by atoms with Crippen LogP contribution in [0.3, 0.4) is 0 Å². The molecular formula is C13H15ClN4O. The molecule has 1 amide bonds. The van der Waals surface area contributed by atoms with E-state index in [0.29, 0.717) is 22.1 Å². The highest BCUT2D eigenvalue weighted by atomic mass is 35.5. The van der Waals surface area contributed by atoms with Crippen molar-refractivity contribution in [2.24, 2.45) is 0 Å². The third-order valence-corrected chi connectivity index (χ3v) is 3.04. The number of amides is 1. The first-order chi connectivity index (χ1) is 8.95. The number of hydrogen-bond acceptors (Lipinski definition) is 3. The molecule has 5 nitrogen and oxygen atoms in total. The third kappa shape index (κ3) is 3.26. The summed E-state index contributed by atoms with van der Waals surface area (Å²) in [6.07, 6.45) is 1.62. The van der Waals surface area contributed by atoms with Crippen molar-refractivity contribution in [3.05, 3.63) is 40.7 Å². The maximum atomic E-state index is 11.9. The van der Waals surface area contributed by atoms with E-state index in [4.69, 9.17) is 17.3 Å². The molecule has 2 rings (SSSR count). The lowest BCUT2D eigenvalue weighted by molar-refractivity contribution is -0.116. The van der Waals surface area contributed by atoms with Gasteiger partial charge in [0.2, 0.25) is 5.91 Å². The number of aryl methyl sites for hydroxylation is 2. The molecule has 0 fully saturated rings. The SMILES string of the molecule is Cc1ccc(NC(=O)Cn2cc(Cl)c(C)n2)c(N)c1. The van der Waals surface area contributed by atoms with E-state index in [9.17, 15) is 4.79 Å². The normalized spacial score (nSPS) is 10.5. The van der Waals surface area contributed by atoms with Gasteiger partial charge in [-0.15, -0.1) is 0 Å². The van der Waals surface area contributed by atoms with Gasteiger partial charge in [-0.3, -0.25) is 9.48 Å². The molecular weight excluding hydrogens is 264 g/mol. The van der Waals surface area contributed by atoms with Crippen molar-refractivity contribution < 1.29 is 4.79 Å². The van der Waals surface area contributed by atoms with Gasteiger partial charge in [-0.05, 0) is 31.5 Å². The number of halogens is 1. The number of anilines is 2. The zero-order chi connectivity index (χ0) is 14.0. The molecule has 3 N–H and O–H groups in total. The predicted molar refractivity (Wildman–Crippen MR) is 76.2 cm³/mol. The number of nitrogens with zero attached hydrogens (tertiary/aromatic N) is 2. The number of nitrogen functional groups attached to an aromatic ring is 1. The van der Waals surface area contributed by atoms with Crippen molar-refractivity contribution in [3.63, 3.8) is 0 Å². The second-order valence-corrected chi connectivity index (χ2v) is 4.81. The van der Waals surface area contributed by atoms with Crippen molar-refractivity contribution in [1.82, 2.24) is 9.78 Å². The number of aromatic nitrogens is 2. The molecule has 0 unspecified atom stereocenters. The number of carbonyl (C=O) groups is 1. The lowest BCUT2D eigenvalue weighted by Crippen LogP contribution is -2.19. The summed E-state index contributed by atoms with van der Waals surface area (Å²) in [5.74, 6) is -0.199. The Kier molecular flexibility index (Phi) is 3.76. The van der Waals surface area contributed by atoms with Crippen molar-refractivity contribution >= 4 is 28.9 Å². The van der Waals surface area contributed by atoms with Crippen LogP contribution in [0, 0.1) is 13.8 Å². The number of nitrogens with two attached hydrogens (primary N) is 1. The van der Waals surface area contributed by atoms with Crippen LogP contribution in [0.15, 0.2) is 24.4 Å². The van der Waals surface area contributed by atoms with Gasteiger partial charge >= 0.3 is 0 Å². The van der Waals surface area contributed by atoms with E-state index >= 15 is 0 Å². The molecule has 0 aliphatic heterocycles. The van der Waals surface area contributed by atoms with Crippen LogP contribution in [0.25, 0.3) is 0 Å². The molecule has 100 valence electrons. The molecule has 0 saturated heterocycles. The maximum Gasteiger partial charge on any atom is 0.246 e. The van der Waals surface area contributed by atoms with Crippen LogP contribution < -0.4 is 11.1 Å². The van der Waals surface area contributed by atoms with E-state index in [1.165, 1.54) is 4.68 Å². The minimum absolute atomic E-state index is 0.0981. The van der Waals surface area contributed by atoms with Gasteiger partial charge < -0.3 is 11.1 Å². The summed E-state index contributed by atoms with van der Waals surface area (Å²) in [6.45, 7) is 3.83. The van der Waals surface area contributed by atoms with E-state index < -0.39 is 0 Å². The number of benzene rings is 1. The minimum atomic E-state index is -0.199. The Hall–Kier alpha value is -2.01. The Morgan fingerprint density at radius 3 is 2.79 bits per heavy atom. The van der Waals surface area contributed by atoms with Gasteiger partial charge in [0.05, 0.1) is 22.1 Å². The summed E-state index contributed by atoms with van der Waals surface area (Å²) >= 11 is 5.88. The molecule has 0 atom stereocenters. The third-order valence-electron chi connectivity index (χ3n) is 2.67. The van der Waals surface area contributed by atoms with E-state index in [1.807, 2.05) is 19.1 Å². The largest absolute Gasteiger partial charge is 0.397 e. The summed E-state index contributed by atoms with van der Waals surface area (Å²) in [6, 6.07) is 5.48. The highest BCUT2D eigenvalue weighted by Crippen LogP contribution is 2.19. The fourth-order valence-corrected chi connectivity index (χ4v) is 1.86. The zero-order valence-electron chi connectivity index (χ0n) is 10.8. The molecule has 0 bridgehead atoms. The lowest BCUT2D eigenvalue weighted by Gasteiger charge is -2.08. The number of hydrogen-bond donors (Lipinski definition) is 2.